The number of ether oxygens (including phenoxy) is 2. The number of amides is 1. The first-order valence-corrected chi connectivity index (χ1v) is 14.1. The Balaban J connectivity index is 2.20. The van der Waals surface area contributed by atoms with Gasteiger partial charge in [0, 0.05) is 0 Å². The molecule has 0 aromatic heterocycles. The summed E-state index contributed by atoms with van der Waals surface area (Å²) >= 11 is 0. The van der Waals surface area contributed by atoms with Crippen molar-refractivity contribution in [1.82, 2.24) is 5.32 Å². The van der Waals surface area contributed by atoms with Crippen LogP contribution in [0.3, 0.4) is 0 Å². The fraction of sp³-hybridized carbons (Fsp3) is 0.500. The molecule has 2 rings (SSSR count). The summed E-state index contributed by atoms with van der Waals surface area (Å²) in [4.78, 5) is 25.8. The van der Waals surface area contributed by atoms with Gasteiger partial charge in [-0.1, -0.05) is 67.6 Å². The van der Waals surface area contributed by atoms with E-state index < -0.39 is 42.8 Å². The minimum absolute atomic E-state index is 0.0261. The van der Waals surface area contributed by atoms with E-state index in [9.17, 15) is 14.2 Å². The molecular weight excluding hydrogens is 493 g/mol. The average Bonchev–Trinajstić information content (AvgIpc) is 2.78. The third-order valence-corrected chi connectivity index (χ3v) is 7.55. The van der Waals surface area contributed by atoms with Gasteiger partial charge in [0.05, 0.1) is 17.4 Å². The summed E-state index contributed by atoms with van der Waals surface area (Å²) in [5, 5.41) is 2.60. The lowest BCUT2D eigenvalue weighted by atomic mass is 10.0. The van der Waals surface area contributed by atoms with Crippen molar-refractivity contribution in [1.29, 1.82) is 0 Å². The molecule has 204 valence electrons. The minimum Gasteiger partial charge on any atom is -0.459 e. The zero-order valence-electron chi connectivity index (χ0n) is 22.9. The highest BCUT2D eigenvalue weighted by Crippen LogP contribution is 2.55. The highest BCUT2D eigenvalue weighted by atomic mass is 31.2. The van der Waals surface area contributed by atoms with Crippen molar-refractivity contribution in [3.05, 3.63) is 71.8 Å². The SMILES string of the molecule is CC(CP(=O)(OC(C)(C)C)OC(C)(C)C)C(NC(=O)OCc1ccccc1)C(=O)OCc1ccccc1. The second kappa shape index (κ2) is 13.2. The van der Waals surface area contributed by atoms with Crippen molar-refractivity contribution in [2.75, 3.05) is 6.16 Å². The Morgan fingerprint density at radius 3 is 1.65 bits per heavy atom. The fourth-order valence-electron chi connectivity index (χ4n) is 3.53. The molecule has 1 N–H and O–H groups in total. The van der Waals surface area contributed by atoms with Gasteiger partial charge in [-0.15, -0.1) is 0 Å². The summed E-state index contributed by atoms with van der Waals surface area (Å²) in [6, 6.07) is 17.2. The average molecular weight is 534 g/mol. The van der Waals surface area contributed by atoms with Crippen molar-refractivity contribution in [2.24, 2.45) is 5.92 Å². The smallest absolute Gasteiger partial charge is 0.408 e. The second-order valence-electron chi connectivity index (χ2n) is 11.0. The molecule has 8 nitrogen and oxygen atoms in total. The van der Waals surface area contributed by atoms with Gasteiger partial charge in [0.25, 0.3) is 0 Å². The number of nitrogens with one attached hydrogen (secondary N) is 1. The van der Waals surface area contributed by atoms with Crippen LogP contribution in [0.4, 0.5) is 4.79 Å². The summed E-state index contributed by atoms with van der Waals surface area (Å²) in [6.07, 6.45) is -0.910. The van der Waals surface area contributed by atoms with Gasteiger partial charge in [-0.3, -0.25) is 4.57 Å². The van der Waals surface area contributed by atoms with Crippen molar-refractivity contribution in [3.8, 4) is 0 Å². The van der Waals surface area contributed by atoms with Gasteiger partial charge in [0.2, 0.25) is 0 Å². The van der Waals surface area contributed by atoms with Crippen LogP contribution in [0, 0.1) is 5.92 Å². The number of carbonyl (C=O) groups is 2. The minimum atomic E-state index is -3.70. The molecule has 0 aliphatic heterocycles. The van der Waals surface area contributed by atoms with Gasteiger partial charge in [0.1, 0.15) is 19.3 Å². The van der Waals surface area contributed by atoms with Gasteiger partial charge >= 0.3 is 19.7 Å². The molecular formula is C28H40NO7P. The Morgan fingerprint density at radius 1 is 0.784 bits per heavy atom. The molecule has 0 saturated heterocycles. The number of carbonyl (C=O) groups excluding carboxylic acids is 2. The predicted octanol–water partition coefficient (Wildman–Crippen LogP) is 6.48. The zero-order chi connectivity index (χ0) is 27.7. The molecule has 9 heteroatoms. The summed E-state index contributed by atoms with van der Waals surface area (Å²) in [5.41, 5.74) is 0.0832. The highest BCUT2D eigenvalue weighted by Gasteiger charge is 2.40. The third-order valence-electron chi connectivity index (χ3n) is 4.87. The first-order valence-electron chi connectivity index (χ1n) is 12.3. The van der Waals surface area contributed by atoms with E-state index in [2.05, 4.69) is 5.32 Å². The maximum atomic E-state index is 13.8. The quantitative estimate of drug-likeness (QED) is 0.260. The van der Waals surface area contributed by atoms with E-state index in [0.29, 0.717) is 0 Å². The summed E-state index contributed by atoms with van der Waals surface area (Å²) in [5.74, 6) is -1.34. The zero-order valence-corrected chi connectivity index (χ0v) is 23.7. The van der Waals surface area contributed by atoms with Crippen molar-refractivity contribution in [3.63, 3.8) is 0 Å². The van der Waals surface area contributed by atoms with E-state index in [1.807, 2.05) is 60.7 Å². The Morgan fingerprint density at radius 2 is 1.22 bits per heavy atom. The van der Waals surface area contributed by atoms with Crippen molar-refractivity contribution in [2.45, 2.75) is 78.9 Å². The summed E-state index contributed by atoms with van der Waals surface area (Å²) < 4.78 is 36.4. The Hall–Kier alpha value is -2.67. The van der Waals surface area contributed by atoms with Crippen LogP contribution in [0.5, 0.6) is 0 Å². The Kier molecular flexibility index (Phi) is 10.9. The molecule has 0 aliphatic carbocycles. The van der Waals surface area contributed by atoms with Gasteiger partial charge in [-0.05, 0) is 58.6 Å². The summed E-state index contributed by atoms with van der Waals surface area (Å²) in [7, 11) is -3.70. The van der Waals surface area contributed by atoms with E-state index in [1.165, 1.54) is 0 Å². The molecule has 2 aromatic carbocycles. The standard InChI is InChI=1S/C28H40NO7P/c1-21(20-37(32,35-27(2,3)4)36-28(5,6)7)24(25(30)33-18-22-14-10-8-11-15-22)29-26(31)34-19-23-16-12-9-13-17-23/h8-17,21,24H,18-20H2,1-7H3,(H,29,31). The lowest BCUT2D eigenvalue weighted by molar-refractivity contribution is -0.148. The van der Waals surface area contributed by atoms with Crippen LogP contribution in [0.1, 0.15) is 59.6 Å². The molecule has 37 heavy (non-hydrogen) atoms. The Labute approximate surface area is 220 Å². The topological polar surface area (TPSA) is 100 Å². The number of alkyl carbamates (subject to hydrolysis) is 1. The van der Waals surface area contributed by atoms with Crippen LogP contribution in [0.2, 0.25) is 0 Å². The first kappa shape index (κ1) is 30.6. The van der Waals surface area contributed by atoms with E-state index in [1.54, 1.807) is 48.5 Å². The number of hydrogen-bond donors (Lipinski definition) is 1. The molecule has 2 aromatic rings. The lowest BCUT2D eigenvalue weighted by Gasteiger charge is -2.34. The lowest BCUT2D eigenvalue weighted by Crippen LogP contribution is -2.47. The van der Waals surface area contributed by atoms with Crippen LogP contribution >= 0.6 is 7.60 Å². The molecule has 0 radical (unpaired) electrons. The van der Waals surface area contributed by atoms with E-state index in [4.69, 9.17) is 18.5 Å². The van der Waals surface area contributed by atoms with E-state index >= 15 is 0 Å². The fourth-order valence-corrected chi connectivity index (χ4v) is 6.30. The highest BCUT2D eigenvalue weighted by molar-refractivity contribution is 7.53. The normalized spacial score (nSPS) is 13.9. The van der Waals surface area contributed by atoms with Crippen molar-refractivity contribution < 1.29 is 32.7 Å². The largest absolute Gasteiger partial charge is 0.459 e. The third kappa shape index (κ3) is 11.9. The Bertz CT molecular complexity index is 1030. The van der Waals surface area contributed by atoms with Crippen LogP contribution in [0.15, 0.2) is 60.7 Å². The number of benzene rings is 2. The van der Waals surface area contributed by atoms with Gasteiger partial charge < -0.3 is 23.8 Å². The number of esters is 1. The van der Waals surface area contributed by atoms with Gasteiger partial charge in [0.15, 0.2) is 0 Å². The monoisotopic (exact) mass is 533 g/mol. The summed E-state index contributed by atoms with van der Waals surface area (Å²) in [6.45, 7) is 12.4. The van der Waals surface area contributed by atoms with Crippen molar-refractivity contribution >= 4 is 19.7 Å². The molecule has 0 aliphatic rings. The molecule has 2 atom stereocenters. The van der Waals surface area contributed by atoms with E-state index in [0.717, 1.165) is 11.1 Å². The molecule has 0 heterocycles. The van der Waals surface area contributed by atoms with Crippen LogP contribution in [-0.2, 0) is 41.1 Å². The van der Waals surface area contributed by atoms with E-state index in [-0.39, 0.29) is 19.4 Å². The van der Waals surface area contributed by atoms with Crippen LogP contribution in [-0.4, -0.2) is 35.5 Å². The molecule has 0 saturated carbocycles. The molecule has 0 bridgehead atoms. The maximum Gasteiger partial charge on any atom is 0.408 e. The second-order valence-corrected chi connectivity index (χ2v) is 12.9. The first-order chi connectivity index (χ1) is 17.2. The molecule has 0 fully saturated rings. The van der Waals surface area contributed by atoms with Crippen LogP contribution < -0.4 is 5.32 Å². The molecule has 0 spiro atoms. The van der Waals surface area contributed by atoms with Gasteiger partial charge in [-0.2, -0.15) is 0 Å². The number of hydrogen-bond acceptors (Lipinski definition) is 7. The van der Waals surface area contributed by atoms with Gasteiger partial charge in [-0.25, -0.2) is 9.59 Å². The predicted molar refractivity (Wildman–Crippen MR) is 143 cm³/mol. The van der Waals surface area contributed by atoms with Crippen LogP contribution in [0.25, 0.3) is 0 Å². The molecule has 1 amide bonds. The maximum absolute atomic E-state index is 13.8. The number of rotatable bonds is 11. The molecule has 2 unspecified atom stereocenters.